The van der Waals surface area contributed by atoms with Crippen LogP contribution in [0.25, 0.3) is 0 Å². The quantitative estimate of drug-likeness (QED) is 0.515. The van der Waals surface area contributed by atoms with Crippen LogP contribution in [0, 0.1) is 16.5 Å². The van der Waals surface area contributed by atoms with E-state index in [0.29, 0.717) is 5.69 Å². The average Bonchev–Trinajstić information content (AvgIpc) is 2.46. The topological polar surface area (TPSA) is 97.3 Å². The number of nitriles is 1. The van der Waals surface area contributed by atoms with E-state index in [1.165, 1.54) is 12.1 Å². The first-order valence-electron chi connectivity index (χ1n) is 5.41. The van der Waals surface area contributed by atoms with E-state index >= 15 is 0 Å². The molecule has 0 atom stereocenters. The Hall–Kier alpha value is -3.07. The largest absolute Gasteiger partial charge is 0.870 e. The molecule has 0 spiro atoms. The van der Waals surface area contributed by atoms with Crippen LogP contribution in [0.4, 0.5) is 11.4 Å². The number of benzene rings is 2. The molecule has 0 heterocycles. The summed E-state index contributed by atoms with van der Waals surface area (Å²) in [4.78, 5) is 0.163. The molecule has 0 saturated heterocycles. The Bertz CT molecular complexity index is 647. The van der Waals surface area contributed by atoms with Gasteiger partial charge in [-0.3, -0.25) is 0 Å². The summed E-state index contributed by atoms with van der Waals surface area (Å²) in [5.74, 6) is -0.493. The molecule has 2 aromatic rings. The third-order valence-corrected chi connectivity index (χ3v) is 2.34. The number of anilines is 1. The lowest BCUT2D eigenvalue weighted by molar-refractivity contribution is -0.448. The Morgan fingerprint density at radius 3 is 2.58 bits per heavy atom. The maximum Gasteiger partial charge on any atom is 0.147 e. The van der Waals surface area contributed by atoms with Gasteiger partial charge in [0.05, 0.1) is 16.9 Å². The van der Waals surface area contributed by atoms with Crippen molar-refractivity contribution in [1.82, 2.24) is 0 Å². The van der Waals surface area contributed by atoms with Crippen molar-refractivity contribution >= 4 is 11.4 Å². The van der Waals surface area contributed by atoms with Gasteiger partial charge in [-0.2, -0.15) is 5.26 Å². The molecule has 0 aliphatic heterocycles. The molecule has 0 saturated carbocycles. The molecular weight excluding hydrogens is 244 g/mol. The first-order valence-corrected chi connectivity index (χ1v) is 5.41. The highest BCUT2D eigenvalue weighted by molar-refractivity contribution is 5.50. The van der Waals surface area contributed by atoms with Crippen molar-refractivity contribution in [3.8, 4) is 11.8 Å². The highest BCUT2D eigenvalue weighted by Gasteiger charge is 2.02. The Balaban J connectivity index is 2.24. The van der Waals surface area contributed by atoms with E-state index in [2.05, 4.69) is 10.6 Å². The van der Waals surface area contributed by atoms with Crippen molar-refractivity contribution in [2.75, 3.05) is 5.43 Å². The van der Waals surface area contributed by atoms with E-state index in [0.717, 1.165) is 6.07 Å². The van der Waals surface area contributed by atoms with Crippen molar-refractivity contribution in [2.45, 2.75) is 0 Å². The SMILES string of the molecule is N#Cc1ccc([O-])c([N+]([O-])=NNc2ccccc2)c1. The smallest absolute Gasteiger partial charge is 0.147 e. The normalized spacial score (nSPS) is 10.8. The Morgan fingerprint density at radius 1 is 1.16 bits per heavy atom. The molecule has 0 aliphatic rings. The minimum absolute atomic E-state index is 0.163. The van der Waals surface area contributed by atoms with Gasteiger partial charge in [0, 0.05) is 6.07 Å². The fraction of sp³-hybridized carbons (Fsp3) is 0. The molecule has 2 rings (SSSR count). The zero-order valence-corrected chi connectivity index (χ0v) is 9.78. The lowest BCUT2D eigenvalue weighted by Crippen LogP contribution is -2.02. The van der Waals surface area contributed by atoms with Crippen molar-refractivity contribution in [3.05, 3.63) is 59.3 Å². The molecule has 1 N–H and O–H groups in total. The summed E-state index contributed by atoms with van der Waals surface area (Å²) in [7, 11) is 0. The van der Waals surface area contributed by atoms with Crippen LogP contribution in [0.1, 0.15) is 5.56 Å². The van der Waals surface area contributed by atoms with Gasteiger partial charge in [-0.15, -0.1) is 10.3 Å². The van der Waals surface area contributed by atoms with Crippen molar-refractivity contribution in [1.29, 1.82) is 5.26 Å². The minimum Gasteiger partial charge on any atom is -0.870 e. The molecule has 0 radical (unpaired) electrons. The first-order chi connectivity index (χ1) is 9.20. The summed E-state index contributed by atoms with van der Waals surface area (Å²) in [6, 6.07) is 14.4. The Morgan fingerprint density at radius 2 is 1.89 bits per heavy atom. The van der Waals surface area contributed by atoms with Crippen molar-refractivity contribution < 1.29 is 9.97 Å². The van der Waals surface area contributed by atoms with Crippen LogP contribution in [0.15, 0.2) is 53.8 Å². The van der Waals surface area contributed by atoms with Gasteiger partial charge in [0.15, 0.2) is 0 Å². The number of hydrogen-bond acceptors (Lipinski definition) is 4. The Kier molecular flexibility index (Phi) is 3.59. The summed E-state index contributed by atoms with van der Waals surface area (Å²) in [6.07, 6.45) is 0. The molecule has 0 amide bonds. The number of nitrogens with zero attached hydrogens (tertiary/aromatic N) is 3. The fourth-order valence-corrected chi connectivity index (χ4v) is 1.41. The van der Waals surface area contributed by atoms with Crippen LogP contribution >= 0.6 is 0 Å². The van der Waals surface area contributed by atoms with Crippen LogP contribution < -0.4 is 10.5 Å². The first kappa shape index (κ1) is 12.4. The molecule has 0 aromatic heterocycles. The highest BCUT2D eigenvalue weighted by Crippen LogP contribution is 2.24. The zero-order valence-electron chi connectivity index (χ0n) is 9.78. The van der Waals surface area contributed by atoms with Gasteiger partial charge in [0.25, 0.3) is 0 Å². The van der Waals surface area contributed by atoms with Gasteiger partial charge in [-0.05, 0) is 18.2 Å². The third-order valence-electron chi connectivity index (χ3n) is 2.34. The molecular formula is C13H9N4O2-. The van der Waals surface area contributed by atoms with E-state index < -0.39 is 5.75 Å². The maximum absolute atomic E-state index is 11.7. The maximum atomic E-state index is 11.7. The lowest BCUT2D eigenvalue weighted by atomic mass is 10.2. The monoisotopic (exact) mass is 253 g/mol. The number of para-hydroxylation sites is 1. The van der Waals surface area contributed by atoms with E-state index in [4.69, 9.17) is 5.26 Å². The summed E-state index contributed by atoms with van der Waals surface area (Å²) < 4.78 is 0. The number of rotatable bonds is 3. The molecule has 0 fully saturated rings. The molecule has 0 bridgehead atoms. The second kappa shape index (κ2) is 5.51. The molecule has 6 heteroatoms. The van der Waals surface area contributed by atoms with Gasteiger partial charge in [-0.1, -0.05) is 30.0 Å². The minimum atomic E-state index is -0.493. The summed E-state index contributed by atoms with van der Waals surface area (Å²) in [5.41, 5.74) is 3.16. The standard InChI is InChI=1S/C13H10N4O2/c14-9-10-6-7-13(18)12(8-10)17(19)16-15-11-4-2-1-3-5-11/h1-8,15,18H/p-1. The number of hydrogen-bond donors (Lipinski definition) is 1. The van der Waals surface area contributed by atoms with Crippen molar-refractivity contribution in [3.63, 3.8) is 0 Å². The molecule has 0 unspecified atom stereocenters. The second-order valence-corrected chi connectivity index (χ2v) is 3.65. The van der Waals surface area contributed by atoms with Crippen LogP contribution in [0.5, 0.6) is 5.75 Å². The van der Waals surface area contributed by atoms with Crippen LogP contribution in [0.2, 0.25) is 0 Å². The molecule has 94 valence electrons. The van der Waals surface area contributed by atoms with Gasteiger partial charge in [-0.25, -0.2) is 0 Å². The summed E-state index contributed by atoms with van der Waals surface area (Å²) in [6.45, 7) is 0. The van der Waals surface area contributed by atoms with E-state index in [1.54, 1.807) is 24.3 Å². The highest BCUT2D eigenvalue weighted by atomic mass is 16.5. The molecule has 19 heavy (non-hydrogen) atoms. The third kappa shape index (κ3) is 2.98. The second-order valence-electron chi connectivity index (χ2n) is 3.65. The van der Waals surface area contributed by atoms with E-state index in [1.807, 2.05) is 12.1 Å². The predicted molar refractivity (Wildman–Crippen MR) is 66.4 cm³/mol. The summed E-state index contributed by atoms with van der Waals surface area (Å²) in [5, 5.41) is 35.4. The molecule has 2 aromatic carbocycles. The summed E-state index contributed by atoms with van der Waals surface area (Å²) >= 11 is 0. The zero-order chi connectivity index (χ0) is 13.7. The molecule has 6 nitrogen and oxygen atoms in total. The van der Waals surface area contributed by atoms with E-state index in [-0.39, 0.29) is 16.1 Å². The fourth-order valence-electron chi connectivity index (χ4n) is 1.41. The molecule has 0 aliphatic carbocycles. The Labute approximate surface area is 109 Å². The van der Waals surface area contributed by atoms with Gasteiger partial charge in [0.1, 0.15) is 11.4 Å². The van der Waals surface area contributed by atoms with Gasteiger partial charge in [0.2, 0.25) is 0 Å². The van der Waals surface area contributed by atoms with Gasteiger partial charge < -0.3 is 10.3 Å². The predicted octanol–water partition coefficient (Wildman–Crippen LogP) is 2.25. The van der Waals surface area contributed by atoms with Crippen LogP contribution in [0.3, 0.4) is 0 Å². The van der Waals surface area contributed by atoms with Crippen LogP contribution in [-0.4, -0.2) is 4.86 Å². The van der Waals surface area contributed by atoms with Crippen molar-refractivity contribution in [2.24, 2.45) is 5.22 Å². The van der Waals surface area contributed by atoms with Crippen LogP contribution in [-0.2, 0) is 0 Å². The van der Waals surface area contributed by atoms with E-state index in [9.17, 15) is 10.3 Å². The van der Waals surface area contributed by atoms with Gasteiger partial charge >= 0.3 is 0 Å². The lowest BCUT2D eigenvalue weighted by Gasteiger charge is -2.13. The number of nitrogens with one attached hydrogen (secondary N) is 1. The average molecular weight is 253 g/mol.